The van der Waals surface area contributed by atoms with Crippen LogP contribution in [0.1, 0.15) is 71.1 Å². The topological polar surface area (TPSA) is 0 Å². The molecule has 0 atom stereocenters. The average Bonchev–Trinajstić information content (AvgIpc) is 2.30. The third-order valence-electron chi connectivity index (χ3n) is 4.68. The summed E-state index contributed by atoms with van der Waals surface area (Å²) in [4.78, 5) is 0. The van der Waals surface area contributed by atoms with Gasteiger partial charge in [-0.25, -0.2) is 0 Å². The van der Waals surface area contributed by atoms with Crippen LogP contribution >= 0.6 is 0 Å². The van der Waals surface area contributed by atoms with Crippen molar-refractivity contribution in [2.45, 2.75) is 71.1 Å². The number of rotatable bonds is 3. The van der Waals surface area contributed by atoms with E-state index in [1.807, 2.05) is 0 Å². The van der Waals surface area contributed by atoms with Gasteiger partial charge in [0.25, 0.3) is 0 Å². The fourth-order valence-corrected chi connectivity index (χ4v) is 3.37. The summed E-state index contributed by atoms with van der Waals surface area (Å²) >= 11 is 0. The maximum atomic E-state index is 2.48. The molecule has 0 amide bonds. The van der Waals surface area contributed by atoms with Crippen LogP contribution in [0.5, 0.6) is 0 Å². The Morgan fingerprint density at radius 3 is 1.88 bits per heavy atom. The Hall–Kier alpha value is 1.81. The van der Waals surface area contributed by atoms with Crippen LogP contribution in [0.3, 0.4) is 0 Å². The minimum absolute atomic E-state index is 0. The van der Waals surface area contributed by atoms with E-state index in [1.54, 1.807) is 0 Å². The van der Waals surface area contributed by atoms with Gasteiger partial charge in [-0.2, -0.15) is 12.8 Å². The minimum Gasteiger partial charge on any atom is -0.328 e. The molecule has 0 bridgehead atoms. The molecule has 0 aromatic rings. The van der Waals surface area contributed by atoms with E-state index in [-0.39, 0.29) is 58.2 Å². The molecule has 2 saturated carbocycles. The summed E-state index contributed by atoms with van der Waals surface area (Å²) in [7, 11) is 0. The van der Waals surface area contributed by atoms with Crippen molar-refractivity contribution in [1.29, 1.82) is 0 Å². The predicted octanol–water partition coefficient (Wildman–Crippen LogP) is 1.99. The van der Waals surface area contributed by atoms with Crippen molar-refractivity contribution in [3.63, 3.8) is 0 Å². The van der Waals surface area contributed by atoms with Crippen molar-refractivity contribution < 1.29 is 58.2 Å². The summed E-state index contributed by atoms with van der Waals surface area (Å²) in [6, 6.07) is 0. The van der Waals surface area contributed by atoms with Gasteiger partial charge in [-0.1, -0.05) is 58.3 Å². The van der Waals surface area contributed by atoms with Gasteiger partial charge in [-0.3, -0.25) is 0 Å². The zero-order valence-corrected chi connectivity index (χ0v) is 16.3. The predicted molar refractivity (Wildman–Crippen MR) is 66.6 cm³/mol. The first-order valence-corrected chi connectivity index (χ1v) is 7.16. The molecule has 16 heavy (non-hydrogen) atoms. The summed E-state index contributed by atoms with van der Waals surface area (Å²) in [6.45, 7) is 2.42. The van der Waals surface area contributed by atoms with Crippen LogP contribution in [-0.4, -0.2) is 0 Å². The summed E-state index contributed by atoms with van der Waals surface area (Å²) < 4.78 is 0. The first-order chi connectivity index (χ1) is 7.34. The molecule has 2 aliphatic carbocycles. The van der Waals surface area contributed by atoms with E-state index in [0.29, 0.717) is 0 Å². The van der Waals surface area contributed by atoms with Gasteiger partial charge in [0.05, 0.1) is 0 Å². The molecule has 1 heteroatoms. The quantitative estimate of drug-likeness (QED) is 0.698. The molecule has 0 heterocycles. The average molecular weight is 293 g/mol. The number of hydrogen-bond donors (Lipinski definition) is 0. The second-order valence-corrected chi connectivity index (χ2v) is 6.01. The van der Waals surface area contributed by atoms with Crippen LogP contribution in [0.2, 0.25) is 0 Å². The molecule has 0 unspecified atom stereocenters. The molecule has 88 valence electrons. The Bertz CT molecular complexity index is 164. The Balaban J connectivity index is 0.00000128. The van der Waals surface area contributed by atoms with Crippen LogP contribution in [0.4, 0.5) is 0 Å². The summed E-state index contributed by atoms with van der Waals surface area (Å²) in [5, 5.41) is 0. The smallest absolute Gasteiger partial charge is 0.328 e. The van der Waals surface area contributed by atoms with E-state index < -0.39 is 0 Å². The van der Waals surface area contributed by atoms with Gasteiger partial charge < -0.3 is 6.42 Å². The molecule has 0 aromatic heterocycles. The Labute approximate surface area is 151 Å². The molecule has 0 aromatic carbocycles. The minimum atomic E-state index is 0. The molecule has 2 rings (SSSR count). The normalized spacial score (nSPS) is 32.1. The van der Waals surface area contributed by atoms with Crippen molar-refractivity contribution in [2.24, 2.45) is 17.8 Å². The van der Waals surface area contributed by atoms with Crippen molar-refractivity contribution >= 4 is 0 Å². The molecule has 0 radical (unpaired) electrons. The molecule has 0 nitrogen and oxygen atoms in total. The third kappa shape index (κ3) is 5.63. The van der Waals surface area contributed by atoms with Crippen molar-refractivity contribution in [2.75, 3.05) is 0 Å². The molecule has 2 fully saturated rings. The monoisotopic (exact) mass is 292 g/mol. The van der Waals surface area contributed by atoms with Crippen LogP contribution < -0.4 is 58.2 Å². The van der Waals surface area contributed by atoms with E-state index >= 15 is 0 Å². The Morgan fingerprint density at radius 1 is 0.812 bits per heavy atom. The Morgan fingerprint density at radius 2 is 1.31 bits per heavy atom. The largest absolute Gasteiger partial charge is 1.00 e. The van der Waals surface area contributed by atoms with Gasteiger partial charge in [-0.15, -0.1) is 0 Å². The molecule has 0 aliphatic heterocycles. The fraction of sp³-hybridized carbons (Fsp3) is 0.933. The van der Waals surface area contributed by atoms with Gasteiger partial charge in [0.15, 0.2) is 0 Å². The van der Waals surface area contributed by atoms with Gasteiger partial charge in [0.2, 0.25) is 0 Å². The first-order valence-electron chi connectivity index (χ1n) is 7.16. The van der Waals surface area contributed by atoms with Crippen molar-refractivity contribution in [1.82, 2.24) is 0 Å². The SMILES string of the molecule is CC1CCC(CCC2CC[CH-]CC2)CC1.[Rb+]. The zero-order chi connectivity index (χ0) is 10.5. The molecule has 0 spiro atoms. The maximum Gasteiger partial charge on any atom is 1.00 e. The van der Waals surface area contributed by atoms with Crippen LogP contribution in [0.15, 0.2) is 0 Å². The number of hydrogen-bond acceptors (Lipinski definition) is 0. The van der Waals surface area contributed by atoms with Crippen molar-refractivity contribution in [3.8, 4) is 0 Å². The molecule has 0 saturated heterocycles. The molecular weight excluding hydrogens is 266 g/mol. The van der Waals surface area contributed by atoms with Crippen LogP contribution in [0.25, 0.3) is 0 Å². The van der Waals surface area contributed by atoms with Gasteiger partial charge >= 0.3 is 58.2 Å². The van der Waals surface area contributed by atoms with Gasteiger partial charge in [0, 0.05) is 0 Å². The second kappa shape index (κ2) is 8.83. The van der Waals surface area contributed by atoms with E-state index in [4.69, 9.17) is 0 Å². The van der Waals surface area contributed by atoms with Crippen LogP contribution in [0, 0.1) is 24.2 Å². The summed E-state index contributed by atoms with van der Waals surface area (Å²) in [5.41, 5.74) is 0. The van der Waals surface area contributed by atoms with Gasteiger partial charge in [-0.05, 0) is 17.8 Å². The summed E-state index contributed by atoms with van der Waals surface area (Å²) in [6.07, 6.45) is 17.4. The van der Waals surface area contributed by atoms with Crippen molar-refractivity contribution in [3.05, 3.63) is 6.42 Å². The zero-order valence-electron chi connectivity index (χ0n) is 11.4. The van der Waals surface area contributed by atoms with E-state index in [0.717, 1.165) is 17.8 Å². The second-order valence-electron chi connectivity index (χ2n) is 6.01. The first kappa shape index (κ1) is 15.9. The van der Waals surface area contributed by atoms with Gasteiger partial charge in [0.1, 0.15) is 0 Å². The standard InChI is InChI=1S/C15H27.Rb/c1-13-7-9-15(10-8-13)12-11-14-5-3-2-4-6-14;/h2,13-15H,3-12H2,1H3;/q-1;+1. The molecular formula is C15H27Rb. The molecule has 0 N–H and O–H groups in total. The fourth-order valence-electron chi connectivity index (χ4n) is 3.37. The Kier molecular flexibility index (Phi) is 8.75. The third-order valence-corrected chi connectivity index (χ3v) is 4.68. The van der Waals surface area contributed by atoms with E-state index in [9.17, 15) is 0 Å². The van der Waals surface area contributed by atoms with E-state index in [1.165, 1.54) is 64.2 Å². The van der Waals surface area contributed by atoms with E-state index in [2.05, 4.69) is 13.3 Å². The summed E-state index contributed by atoms with van der Waals surface area (Å²) in [5.74, 6) is 3.19. The maximum absolute atomic E-state index is 2.48. The molecule has 2 aliphatic rings. The van der Waals surface area contributed by atoms with Crippen LogP contribution in [-0.2, 0) is 0 Å².